The van der Waals surface area contributed by atoms with E-state index in [2.05, 4.69) is 46.5 Å². The second kappa shape index (κ2) is 7.26. The maximum absolute atomic E-state index is 4.23. The van der Waals surface area contributed by atoms with Crippen LogP contribution in [0.5, 0.6) is 0 Å². The minimum absolute atomic E-state index is 0.339. The van der Waals surface area contributed by atoms with Gasteiger partial charge in [-0.1, -0.05) is 31.2 Å². The van der Waals surface area contributed by atoms with Crippen LogP contribution < -0.4 is 5.32 Å². The molecule has 0 fully saturated rings. The fourth-order valence-electron chi connectivity index (χ4n) is 1.86. The summed E-state index contributed by atoms with van der Waals surface area (Å²) < 4.78 is 0. The molecule has 1 heterocycles. The molecule has 1 aromatic carbocycles. The van der Waals surface area contributed by atoms with Gasteiger partial charge in [-0.3, -0.25) is 0 Å². The Labute approximate surface area is 118 Å². The number of thioether (sulfide) groups is 1. The van der Waals surface area contributed by atoms with Crippen molar-refractivity contribution in [1.29, 1.82) is 0 Å². The molecule has 100 valence electrons. The minimum Gasteiger partial charge on any atom is -0.312 e. The third-order valence-corrected chi connectivity index (χ3v) is 4.13. The molecular formula is C15H19N3S. The van der Waals surface area contributed by atoms with Gasteiger partial charge < -0.3 is 5.32 Å². The van der Waals surface area contributed by atoms with E-state index in [1.807, 2.05) is 13.1 Å². The number of nitrogens with zero attached hydrogens (tertiary/aromatic N) is 2. The second-order valence-electron chi connectivity index (χ2n) is 4.30. The number of aryl methyl sites for hydroxylation is 1. The Morgan fingerprint density at radius 2 is 2.00 bits per heavy atom. The average Bonchev–Trinajstić information content (AvgIpc) is 2.49. The van der Waals surface area contributed by atoms with Gasteiger partial charge in [-0.2, -0.15) is 0 Å². The molecule has 1 aromatic heterocycles. The van der Waals surface area contributed by atoms with E-state index in [9.17, 15) is 0 Å². The SMILES string of the molecule is CCc1ccc(C(CSc2ccncn2)NC)cc1. The lowest BCUT2D eigenvalue weighted by molar-refractivity contribution is 0.661. The van der Waals surface area contributed by atoms with Gasteiger partial charge in [0.05, 0.1) is 5.03 Å². The van der Waals surface area contributed by atoms with E-state index < -0.39 is 0 Å². The molecule has 0 bridgehead atoms. The van der Waals surface area contributed by atoms with E-state index in [-0.39, 0.29) is 0 Å². The van der Waals surface area contributed by atoms with E-state index in [1.165, 1.54) is 11.1 Å². The Hall–Kier alpha value is -1.39. The molecule has 4 heteroatoms. The van der Waals surface area contributed by atoms with Crippen molar-refractivity contribution in [3.63, 3.8) is 0 Å². The molecule has 0 amide bonds. The average molecular weight is 273 g/mol. The van der Waals surface area contributed by atoms with Crippen LogP contribution in [0.15, 0.2) is 47.9 Å². The Kier molecular flexibility index (Phi) is 5.36. The van der Waals surface area contributed by atoms with Crippen molar-refractivity contribution in [2.45, 2.75) is 24.4 Å². The Morgan fingerprint density at radius 3 is 2.58 bits per heavy atom. The smallest absolute Gasteiger partial charge is 0.116 e. The maximum Gasteiger partial charge on any atom is 0.116 e. The summed E-state index contributed by atoms with van der Waals surface area (Å²) in [6.07, 6.45) is 4.45. The number of rotatable bonds is 6. The first-order valence-corrected chi connectivity index (χ1v) is 7.47. The Morgan fingerprint density at radius 1 is 1.21 bits per heavy atom. The first kappa shape index (κ1) is 14.0. The zero-order chi connectivity index (χ0) is 13.5. The van der Waals surface area contributed by atoms with Crippen LogP contribution in [0.4, 0.5) is 0 Å². The van der Waals surface area contributed by atoms with Crippen molar-refractivity contribution in [1.82, 2.24) is 15.3 Å². The largest absolute Gasteiger partial charge is 0.312 e. The quantitative estimate of drug-likeness (QED) is 0.648. The van der Waals surface area contributed by atoms with Gasteiger partial charge in [-0.25, -0.2) is 9.97 Å². The predicted molar refractivity (Wildman–Crippen MR) is 80.4 cm³/mol. The molecule has 0 aliphatic heterocycles. The monoisotopic (exact) mass is 273 g/mol. The molecule has 1 atom stereocenters. The Bertz CT molecular complexity index is 485. The topological polar surface area (TPSA) is 37.8 Å². The van der Waals surface area contributed by atoms with Crippen molar-refractivity contribution >= 4 is 11.8 Å². The van der Waals surface area contributed by atoms with Crippen molar-refractivity contribution in [2.75, 3.05) is 12.8 Å². The van der Waals surface area contributed by atoms with Gasteiger partial charge in [0.25, 0.3) is 0 Å². The van der Waals surface area contributed by atoms with Gasteiger partial charge >= 0.3 is 0 Å². The Balaban J connectivity index is 1.99. The first-order valence-electron chi connectivity index (χ1n) is 6.48. The second-order valence-corrected chi connectivity index (χ2v) is 5.34. The normalized spacial score (nSPS) is 12.3. The lowest BCUT2D eigenvalue weighted by Gasteiger charge is -2.16. The minimum atomic E-state index is 0.339. The van der Waals surface area contributed by atoms with Crippen LogP contribution in [0.25, 0.3) is 0 Å². The van der Waals surface area contributed by atoms with Crippen molar-refractivity contribution in [3.05, 3.63) is 54.0 Å². The highest BCUT2D eigenvalue weighted by Gasteiger charge is 2.09. The van der Waals surface area contributed by atoms with Crippen LogP contribution in [0.3, 0.4) is 0 Å². The summed E-state index contributed by atoms with van der Waals surface area (Å²) in [6.45, 7) is 2.18. The summed E-state index contributed by atoms with van der Waals surface area (Å²) in [5, 5.41) is 4.38. The van der Waals surface area contributed by atoms with Gasteiger partial charge in [0.1, 0.15) is 6.33 Å². The molecule has 1 unspecified atom stereocenters. The summed E-state index contributed by atoms with van der Waals surface area (Å²) in [7, 11) is 2.00. The molecule has 3 nitrogen and oxygen atoms in total. The van der Waals surface area contributed by atoms with Gasteiger partial charge in [0.2, 0.25) is 0 Å². The highest BCUT2D eigenvalue weighted by Crippen LogP contribution is 2.23. The van der Waals surface area contributed by atoms with Crippen LogP contribution in [-0.4, -0.2) is 22.8 Å². The highest BCUT2D eigenvalue weighted by atomic mass is 32.2. The molecule has 2 rings (SSSR count). The number of aromatic nitrogens is 2. The zero-order valence-electron chi connectivity index (χ0n) is 11.3. The van der Waals surface area contributed by atoms with Gasteiger partial charge in [0.15, 0.2) is 0 Å². The van der Waals surface area contributed by atoms with E-state index in [0.29, 0.717) is 6.04 Å². The molecule has 2 aromatic rings. The molecule has 0 spiro atoms. The van der Waals surface area contributed by atoms with E-state index in [4.69, 9.17) is 0 Å². The molecule has 0 aliphatic rings. The van der Waals surface area contributed by atoms with Crippen LogP contribution in [-0.2, 0) is 6.42 Å². The molecule has 0 saturated carbocycles. The first-order chi connectivity index (χ1) is 9.33. The highest BCUT2D eigenvalue weighted by molar-refractivity contribution is 7.99. The van der Waals surface area contributed by atoms with E-state index >= 15 is 0 Å². The van der Waals surface area contributed by atoms with Crippen LogP contribution in [0.2, 0.25) is 0 Å². The van der Waals surface area contributed by atoms with Crippen LogP contribution in [0.1, 0.15) is 24.1 Å². The third-order valence-electron chi connectivity index (χ3n) is 3.09. The van der Waals surface area contributed by atoms with Gasteiger partial charge in [0, 0.05) is 18.0 Å². The van der Waals surface area contributed by atoms with Crippen LogP contribution in [0, 0.1) is 0 Å². The zero-order valence-corrected chi connectivity index (χ0v) is 12.2. The fourth-order valence-corrected chi connectivity index (χ4v) is 2.84. The number of nitrogens with one attached hydrogen (secondary N) is 1. The maximum atomic E-state index is 4.23. The molecule has 0 radical (unpaired) electrons. The van der Waals surface area contributed by atoms with Crippen LogP contribution >= 0.6 is 11.8 Å². The van der Waals surface area contributed by atoms with E-state index in [1.54, 1.807) is 24.3 Å². The summed E-state index contributed by atoms with van der Waals surface area (Å²) in [5.41, 5.74) is 2.70. The predicted octanol–water partition coefficient (Wildman–Crippen LogP) is 3.09. The van der Waals surface area contributed by atoms with Crippen molar-refractivity contribution < 1.29 is 0 Å². The molecule has 0 aliphatic carbocycles. The fraction of sp³-hybridized carbons (Fsp3) is 0.333. The lowest BCUT2D eigenvalue weighted by Crippen LogP contribution is -2.18. The molecule has 0 saturated heterocycles. The summed E-state index contributed by atoms with van der Waals surface area (Å²) in [6, 6.07) is 11.1. The van der Waals surface area contributed by atoms with Gasteiger partial charge in [-0.15, -0.1) is 11.8 Å². The van der Waals surface area contributed by atoms with Crippen molar-refractivity contribution in [2.24, 2.45) is 0 Å². The van der Waals surface area contributed by atoms with Crippen molar-refractivity contribution in [3.8, 4) is 0 Å². The molecular weight excluding hydrogens is 254 g/mol. The number of hydrogen-bond acceptors (Lipinski definition) is 4. The summed E-state index contributed by atoms with van der Waals surface area (Å²) >= 11 is 1.74. The van der Waals surface area contributed by atoms with E-state index in [0.717, 1.165) is 17.2 Å². The third kappa shape index (κ3) is 4.04. The molecule has 19 heavy (non-hydrogen) atoms. The summed E-state index contributed by atoms with van der Waals surface area (Å²) in [4.78, 5) is 8.16. The lowest BCUT2D eigenvalue weighted by atomic mass is 10.1. The summed E-state index contributed by atoms with van der Waals surface area (Å²) in [5.74, 6) is 0.957. The number of hydrogen-bond donors (Lipinski definition) is 1. The molecule has 1 N–H and O–H groups in total. The number of benzene rings is 1. The standard InChI is InChI=1S/C15H19N3S/c1-3-12-4-6-13(7-5-12)14(16-2)10-19-15-8-9-17-11-18-15/h4-9,11,14,16H,3,10H2,1-2H3. The van der Waals surface area contributed by atoms with Gasteiger partial charge in [-0.05, 0) is 30.7 Å².